The molecular formula is C14H5BrCl2F2N2. The molecule has 2 aromatic carbocycles. The Morgan fingerprint density at radius 3 is 2.43 bits per heavy atom. The fourth-order valence-electron chi connectivity index (χ4n) is 1.88. The van der Waals surface area contributed by atoms with Crippen LogP contribution in [0.25, 0.3) is 22.3 Å². The summed E-state index contributed by atoms with van der Waals surface area (Å²) in [4.78, 5) is 8.31. The van der Waals surface area contributed by atoms with Crippen LogP contribution in [0.3, 0.4) is 0 Å². The monoisotopic (exact) mass is 388 g/mol. The van der Waals surface area contributed by atoms with Crippen molar-refractivity contribution in [2.75, 3.05) is 0 Å². The maximum atomic E-state index is 13.3. The van der Waals surface area contributed by atoms with Gasteiger partial charge in [-0.05, 0) is 24.3 Å². The van der Waals surface area contributed by atoms with E-state index in [1.807, 2.05) is 0 Å². The lowest BCUT2D eigenvalue weighted by molar-refractivity contribution is 0.510. The molecule has 0 spiro atoms. The lowest BCUT2D eigenvalue weighted by Crippen LogP contribution is -1.95. The van der Waals surface area contributed by atoms with Crippen LogP contribution in [0.15, 0.2) is 34.8 Å². The molecule has 0 atom stereocenters. The first-order valence-corrected chi connectivity index (χ1v) is 7.28. The Bertz CT molecular complexity index is 871. The predicted molar refractivity (Wildman–Crippen MR) is 82.6 cm³/mol. The summed E-state index contributed by atoms with van der Waals surface area (Å²) < 4.78 is 27.4. The molecule has 0 saturated heterocycles. The molecule has 0 radical (unpaired) electrons. The van der Waals surface area contributed by atoms with Crippen molar-refractivity contribution in [2.24, 2.45) is 0 Å². The van der Waals surface area contributed by atoms with E-state index < -0.39 is 11.6 Å². The van der Waals surface area contributed by atoms with Crippen LogP contribution < -0.4 is 0 Å². The van der Waals surface area contributed by atoms with E-state index in [4.69, 9.17) is 23.2 Å². The number of nitrogens with zero attached hydrogens (tertiary/aromatic N) is 2. The molecule has 0 bridgehead atoms. The van der Waals surface area contributed by atoms with Crippen LogP contribution in [-0.2, 0) is 0 Å². The highest BCUT2D eigenvalue weighted by molar-refractivity contribution is 9.10. The molecule has 0 N–H and O–H groups in total. The van der Waals surface area contributed by atoms with E-state index in [-0.39, 0.29) is 21.9 Å². The molecule has 3 rings (SSSR count). The van der Waals surface area contributed by atoms with Crippen molar-refractivity contribution >= 4 is 50.0 Å². The van der Waals surface area contributed by atoms with E-state index >= 15 is 0 Å². The van der Waals surface area contributed by atoms with Crippen molar-refractivity contribution in [3.63, 3.8) is 0 Å². The van der Waals surface area contributed by atoms with Gasteiger partial charge in [0.15, 0.2) is 17.5 Å². The number of rotatable bonds is 1. The van der Waals surface area contributed by atoms with Crippen molar-refractivity contribution in [2.45, 2.75) is 0 Å². The van der Waals surface area contributed by atoms with Crippen molar-refractivity contribution in [3.8, 4) is 11.4 Å². The molecule has 0 saturated carbocycles. The molecular weight excluding hydrogens is 385 g/mol. The maximum Gasteiger partial charge on any atom is 0.163 e. The Morgan fingerprint density at radius 2 is 1.67 bits per heavy atom. The van der Waals surface area contributed by atoms with Gasteiger partial charge in [-0.3, -0.25) is 0 Å². The Hall–Kier alpha value is -1.30. The van der Waals surface area contributed by atoms with E-state index in [9.17, 15) is 8.78 Å². The van der Waals surface area contributed by atoms with Crippen LogP contribution >= 0.6 is 39.1 Å². The second kappa shape index (κ2) is 5.48. The summed E-state index contributed by atoms with van der Waals surface area (Å²) in [6.45, 7) is 0. The zero-order chi connectivity index (χ0) is 15.1. The molecule has 2 nitrogen and oxygen atoms in total. The molecule has 0 aliphatic heterocycles. The van der Waals surface area contributed by atoms with Gasteiger partial charge in [-0.1, -0.05) is 39.1 Å². The summed E-state index contributed by atoms with van der Waals surface area (Å²) in [5.41, 5.74) is 0.750. The third-order valence-electron chi connectivity index (χ3n) is 2.86. The summed E-state index contributed by atoms with van der Waals surface area (Å²) in [5.74, 6) is -1.75. The molecule has 1 heterocycles. The summed E-state index contributed by atoms with van der Waals surface area (Å²) in [6.07, 6.45) is 0. The smallest absolute Gasteiger partial charge is 0.163 e. The highest BCUT2D eigenvalue weighted by Gasteiger charge is 2.14. The topological polar surface area (TPSA) is 25.8 Å². The van der Waals surface area contributed by atoms with Gasteiger partial charge >= 0.3 is 0 Å². The number of halogens is 5. The highest BCUT2D eigenvalue weighted by atomic mass is 79.9. The Labute approximate surface area is 136 Å². The second-order valence-electron chi connectivity index (χ2n) is 4.25. The highest BCUT2D eigenvalue weighted by Crippen LogP contribution is 2.31. The largest absolute Gasteiger partial charge is 0.228 e. The van der Waals surface area contributed by atoms with Crippen LogP contribution in [0, 0.1) is 11.6 Å². The van der Waals surface area contributed by atoms with Gasteiger partial charge in [0.05, 0.1) is 10.5 Å². The number of fused-ring (bicyclic) bond motifs is 1. The molecule has 3 aromatic rings. The van der Waals surface area contributed by atoms with E-state index in [0.717, 1.165) is 16.6 Å². The van der Waals surface area contributed by atoms with Gasteiger partial charge in [0.2, 0.25) is 0 Å². The summed E-state index contributed by atoms with van der Waals surface area (Å²) >= 11 is 15.5. The Morgan fingerprint density at radius 1 is 0.952 bits per heavy atom. The minimum Gasteiger partial charge on any atom is -0.228 e. The summed E-state index contributed by atoms with van der Waals surface area (Å²) in [6, 6.07) is 7.11. The predicted octanol–water partition coefficient (Wildman–Crippen LogP) is 5.64. The third kappa shape index (κ3) is 2.73. The average Bonchev–Trinajstić information content (AvgIpc) is 2.43. The molecule has 21 heavy (non-hydrogen) atoms. The minimum absolute atomic E-state index is 0.0324. The van der Waals surface area contributed by atoms with Gasteiger partial charge in [0, 0.05) is 21.5 Å². The van der Waals surface area contributed by atoms with Crippen molar-refractivity contribution in [3.05, 3.63) is 56.6 Å². The Balaban J connectivity index is 2.30. The lowest BCUT2D eigenvalue weighted by atomic mass is 10.2. The van der Waals surface area contributed by atoms with Crippen LogP contribution in [0.2, 0.25) is 10.2 Å². The van der Waals surface area contributed by atoms with Crippen molar-refractivity contribution in [1.82, 2.24) is 9.97 Å². The molecule has 0 unspecified atom stereocenters. The number of benzene rings is 2. The van der Waals surface area contributed by atoms with Crippen LogP contribution in [0.1, 0.15) is 0 Å². The van der Waals surface area contributed by atoms with Gasteiger partial charge in [-0.15, -0.1) is 0 Å². The van der Waals surface area contributed by atoms with E-state index in [2.05, 4.69) is 25.9 Å². The molecule has 106 valence electrons. The summed E-state index contributed by atoms with van der Waals surface area (Å²) in [5, 5.41) is 0.701. The first-order valence-electron chi connectivity index (χ1n) is 5.73. The molecule has 1 aromatic heterocycles. The normalized spacial score (nSPS) is 11.1. The lowest BCUT2D eigenvalue weighted by Gasteiger charge is -2.07. The van der Waals surface area contributed by atoms with Gasteiger partial charge in [-0.2, -0.15) is 0 Å². The van der Waals surface area contributed by atoms with Gasteiger partial charge in [0.25, 0.3) is 0 Å². The maximum absolute atomic E-state index is 13.3. The van der Waals surface area contributed by atoms with Crippen LogP contribution in [0.5, 0.6) is 0 Å². The first kappa shape index (κ1) is 14.6. The SMILES string of the molecule is Fc1cc2nc(-c3cc(Br)ccc3Cl)nc(Cl)c2cc1F. The molecule has 0 aliphatic carbocycles. The number of aromatic nitrogens is 2. The second-order valence-corrected chi connectivity index (χ2v) is 5.93. The fourth-order valence-corrected chi connectivity index (χ4v) is 2.67. The molecule has 0 amide bonds. The van der Waals surface area contributed by atoms with Crippen molar-refractivity contribution < 1.29 is 8.78 Å². The van der Waals surface area contributed by atoms with Gasteiger partial charge in [-0.25, -0.2) is 18.7 Å². The van der Waals surface area contributed by atoms with Crippen LogP contribution in [-0.4, -0.2) is 9.97 Å². The fraction of sp³-hybridized carbons (Fsp3) is 0. The average molecular weight is 390 g/mol. The molecule has 0 fully saturated rings. The summed E-state index contributed by atoms with van der Waals surface area (Å²) in [7, 11) is 0. The third-order valence-corrected chi connectivity index (χ3v) is 3.97. The minimum atomic E-state index is -0.999. The quantitative estimate of drug-likeness (QED) is 0.503. The van der Waals surface area contributed by atoms with E-state index in [1.54, 1.807) is 18.2 Å². The van der Waals surface area contributed by atoms with Crippen LogP contribution in [0.4, 0.5) is 8.78 Å². The molecule has 7 heteroatoms. The standard InChI is InChI=1S/C14H5BrCl2F2N2/c15-6-1-2-9(16)7(3-6)14-20-12-5-11(19)10(18)4-8(12)13(17)21-14/h1-5H. The first-order chi connectivity index (χ1) is 9.95. The van der Waals surface area contributed by atoms with Gasteiger partial charge < -0.3 is 0 Å². The Kier molecular flexibility index (Phi) is 3.82. The van der Waals surface area contributed by atoms with E-state index in [0.29, 0.717) is 10.6 Å². The molecule has 0 aliphatic rings. The number of hydrogen-bond donors (Lipinski definition) is 0. The van der Waals surface area contributed by atoms with Crippen molar-refractivity contribution in [1.29, 1.82) is 0 Å². The zero-order valence-corrected chi connectivity index (χ0v) is 13.3. The van der Waals surface area contributed by atoms with Gasteiger partial charge in [0.1, 0.15) is 5.15 Å². The zero-order valence-electron chi connectivity index (χ0n) is 10.2. The van der Waals surface area contributed by atoms with E-state index in [1.165, 1.54) is 0 Å². The number of hydrogen-bond acceptors (Lipinski definition) is 2.